The van der Waals surface area contributed by atoms with Crippen LogP contribution < -0.4 is 4.74 Å². The van der Waals surface area contributed by atoms with Crippen molar-refractivity contribution in [3.63, 3.8) is 0 Å². The predicted molar refractivity (Wildman–Crippen MR) is 78.3 cm³/mol. The van der Waals surface area contributed by atoms with Crippen molar-refractivity contribution < 1.29 is 9.13 Å². The van der Waals surface area contributed by atoms with E-state index in [2.05, 4.69) is 38.5 Å². The minimum absolute atomic E-state index is 0.255. The van der Waals surface area contributed by atoms with Crippen molar-refractivity contribution >= 4 is 38.5 Å². The Morgan fingerprint density at radius 2 is 1.82 bits per heavy atom. The van der Waals surface area contributed by atoms with Gasteiger partial charge in [0.25, 0.3) is 0 Å². The summed E-state index contributed by atoms with van der Waals surface area (Å²) in [6.45, 7) is 0. The molecule has 2 rings (SSSR count). The molecule has 0 bridgehead atoms. The Kier molecular flexibility index (Phi) is 4.39. The molecule has 0 aromatic heterocycles. The molecule has 0 heterocycles. The molecule has 0 fully saturated rings. The van der Waals surface area contributed by atoms with Gasteiger partial charge in [0.2, 0.25) is 0 Å². The number of hydrogen-bond donors (Lipinski definition) is 0. The van der Waals surface area contributed by atoms with Gasteiger partial charge < -0.3 is 4.74 Å². The molecule has 0 aliphatic heterocycles. The van der Waals surface area contributed by atoms with Crippen molar-refractivity contribution in [2.75, 3.05) is 0 Å². The third kappa shape index (κ3) is 3.42. The maximum absolute atomic E-state index is 13.0. The van der Waals surface area contributed by atoms with Gasteiger partial charge in [-0.3, -0.25) is 0 Å². The topological polar surface area (TPSA) is 9.23 Å². The van der Waals surface area contributed by atoms with Crippen molar-refractivity contribution in [1.29, 1.82) is 0 Å². The Bertz CT molecular complexity index is 513. The zero-order valence-electron chi connectivity index (χ0n) is 8.79. The summed E-state index contributed by atoms with van der Waals surface area (Å²) >= 11 is 5.55. The Hall–Kier alpha value is -0.620. The molecule has 1 nitrogen and oxygen atoms in total. The average Bonchev–Trinajstić information content (AvgIpc) is 2.34. The van der Waals surface area contributed by atoms with Gasteiger partial charge in [-0.2, -0.15) is 0 Å². The van der Waals surface area contributed by atoms with Crippen LogP contribution in [0.3, 0.4) is 0 Å². The summed E-state index contributed by atoms with van der Waals surface area (Å²) in [7, 11) is 0. The van der Waals surface area contributed by atoms with Gasteiger partial charge in [-0.1, -0.05) is 15.9 Å². The lowest BCUT2D eigenvalue weighted by Gasteiger charge is -2.09. The SMILES string of the molecule is Fc1ccc(Oc2ccc(I)cc2)c(CBr)c1. The van der Waals surface area contributed by atoms with E-state index in [0.717, 1.165) is 14.9 Å². The first-order valence-electron chi connectivity index (χ1n) is 4.97. The number of halogens is 3. The van der Waals surface area contributed by atoms with Crippen LogP contribution in [0.4, 0.5) is 4.39 Å². The summed E-state index contributed by atoms with van der Waals surface area (Å²) in [5, 5.41) is 0.560. The molecule has 0 amide bonds. The molecule has 0 aliphatic carbocycles. The fraction of sp³-hybridized carbons (Fsp3) is 0.0769. The van der Waals surface area contributed by atoms with Crippen LogP contribution in [0.15, 0.2) is 42.5 Å². The van der Waals surface area contributed by atoms with E-state index >= 15 is 0 Å². The van der Waals surface area contributed by atoms with Gasteiger partial charge in [0.05, 0.1) is 0 Å². The van der Waals surface area contributed by atoms with Crippen LogP contribution >= 0.6 is 38.5 Å². The molecule has 0 unspecified atom stereocenters. The highest BCUT2D eigenvalue weighted by atomic mass is 127. The number of rotatable bonds is 3. The molecule has 0 aliphatic rings. The highest BCUT2D eigenvalue weighted by Gasteiger charge is 2.05. The van der Waals surface area contributed by atoms with Crippen LogP contribution in [0.5, 0.6) is 11.5 Å². The second kappa shape index (κ2) is 5.82. The third-order valence-electron chi connectivity index (χ3n) is 2.21. The van der Waals surface area contributed by atoms with E-state index in [-0.39, 0.29) is 5.82 Å². The van der Waals surface area contributed by atoms with Crippen molar-refractivity contribution in [3.05, 3.63) is 57.4 Å². The minimum atomic E-state index is -0.255. The summed E-state index contributed by atoms with van der Waals surface area (Å²) in [5.74, 6) is 1.16. The summed E-state index contributed by atoms with van der Waals surface area (Å²) in [6, 6.07) is 12.2. The van der Waals surface area contributed by atoms with Crippen LogP contribution in [-0.2, 0) is 5.33 Å². The van der Waals surface area contributed by atoms with Gasteiger partial charge in [-0.25, -0.2) is 4.39 Å². The standard InChI is InChI=1S/C13H9BrFIO/c14-8-9-7-10(15)1-6-13(9)17-12-4-2-11(16)3-5-12/h1-7H,8H2. The normalized spacial score (nSPS) is 10.3. The molecule has 4 heteroatoms. The van der Waals surface area contributed by atoms with Crippen LogP contribution in [0.2, 0.25) is 0 Å². The van der Waals surface area contributed by atoms with E-state index in [1.807, 2.05) is 24.3 Å². The minimum Gasteiger partial charge on any atom is -0.457 e. The second-order valence-corrected chi connectivity index (χ2v) is 5.25. The summed E-state index contributed by atoms with van der Waals surface area (Å²) in [6.07, 6.45) is 0. The molecule has 0 saturated heterocycles. The fourth-order valence-electron chi connectivity index (χ4n) is 1.38. The predicted octanol–water partition coefficient (Wildman–Crippen LogP) is 5.12. The Morgan fingerprint density at radius 3 is 2.47 bits per heavy atom. The molecule has 0 saturated carbocycles. The lowest BCUT2D eigenvalue weighted by atomic mass is 10.2. The van der Waals surface area contributed by atoms with Gasteiger partial charge >= 0.3 is 0 Å². The van der Waals surface area contributed by atoms with E-state index in [1.54, 1.807) is 6.07 Å². The molecular formula is C13H9BrFIO. The number of hydrogen-bond acceptors (Lipinski definition) is 1. The monoisotopic (exact) mass is 406 g/mol. The van der Waals surface area contributed by atoms with Crippen LogP contribution in [0, 0.1) is 9.39 Å². The summed E-state index contributed by atoms with van der Waals surface area (Å²) in [5.41, 5.74) is 0.795. The number of benzene rings is 2. The molecule has 0 atom stereocenters. The first kappa shape index (κ1) is 12.8. The van der Waals surface area contributed by atoms with E-state index in [9.17, 15) is 4.39 Å². The maximum Gasteiger partial charge on any atom is 0.131 e. The molecule has 0 N–H and O–H groups in total. The highest BCUT2D eigenvalue weighted by molar-refractivity contribution is 14.1. The average molecular weight is 407 g/mol. The molecule has 17 heavy (non-hydrogen) atoms. The van der Waals surface area contributed by atoms with Crippen molar-refractivity contribution in [2.45, 2.75) is 5.33 Å². The Labute approximate surface area is 121 Å². The molecule has 2 aromatic rings. The molecule has 2 aromatic carbocycles. The van der Waals surface area contributed by atoms with E-state index in [4.69, 9.17) is 4.74 Å². The lowest BCUT2D eigenvalue weighted by Crippen LogP contribution is -1.90. The first-order valence-corrected chi connectivity index (χ1v) is 7.17. The largest absolute Gasteiger partial charge is 0.457 e. The second-order valence-electron chi connectivity index (χ2n) is 3.44. The van der Waals surface area contributed by atoms with Gasteiger partial charge in [0.1, 0.15) is 17.3 Å². The van der Waals surface area contributed by atoms with E-state index < -0.39 is 0 Å². The highest BCUT2D eigenvalue weighted by Crippen LogP contribution is 2.28. The van der Waals surface area contributed by atoms with Gasteiger partial charge in [0, 0.05) is 14.5 Å². The van der Waals surface area contributed by atoms with Crippen molar-refractivity contribution in [2.24, 2.45) is 0 Å². The molecule has 88 valence electrons. The van der Waals surface area contributed by atoms with Crippen molar-refractivity contribution in [1.82, 2.24) is 0 Å². The van der Waals surface area contributed by atoms with Crippen LogP contribution in [-0.4, -0.2) is 0 Å². The molecule has 0 radical (unpaired) electrons. The summed E-state index contributed by atoms with van der Waals surface area (Å²) in [4.78, 5) is 0. The van der Waals surface area contributed by atoms with Crippen LogP contribution in [0.1, 0.15) is 5.56 Å². The number of alkyl halides is 1. The zero-order chi connectivity index (χ0) is 12.3. The van der Waals surface area contributed by atoms with Crippen LogP contribution in [0.25, 0.3) is 0 Å². The quantitative estimate of drug-likeness (QED) is 0.508. The first-order chi connectivity index (χ1) is 8.19. The smallest absolute Gasteiger partial charge is 0.131 e. The Balaban J connectivity index is 2.26. The number of ether oxygens (including phenoxy) is 1. The van der Waals surface area contributed by atoms with E-state index in [1.165, 1.54) is 12.1 Å². The molecule has 0 spiro atoms. The zero-order valence-corrected chi connectivity index (χ0v) is 12.5. The fourth-order valence-corrected chi connectivity index (χ4v) is 2.18. The lowest BCUT2D eigenvalue weighted by molar-refractivity contribution is 0.476. The van der Waals surface area contributed by atoms with Crippen molar-refractivity contribution in [3.8, 4) is 11.5 Å². The summed E-state index contributed by atoms with van der Waals surface area (Å²) < 4.78 is 19.9. The molecular weight excluding hydrogens is 398 g/mol. The van der Waals surface area contributed by atoms with Gasteiger partial charge in [0.15, 0.2) is 0 Å². The maximum atomic E-state index is 13.0. The third-order valence-corrected chi connectivity index (χ3v) is 3.53. The van der Waals surface area contributed by atoms with Gasteiger partial charge in [-0.05, 0) is 65.1 Å². The van der Waals surface area contributed by atoms with E-state index in [0.29, 0.717) is 11.1 Å². The Morgan fingerprint density at radius 1 is 1.12 bits per heavy atom. The van der Waals surface area contributed by atoms with Gasteiger partial charge in [-0.15, -0.1) is 0 Å².